The van der Waals surface area contributed by atoms with Gasteiger partial charge >= 0.3 is 12.1 Å². The van der Waals surface area contributed by atoms with E-state index in [1.54, 1.807) is 6.92 Å². The summed E-state index contributed by atoms with van der Waals surface area (Å²) in [4.78, 5) is 22.4. The molecule has 0 aliphatic heterocycles. The van der Waals surface area contributed by atoms with Crippen LogP contribution in [0, 0.1) is 0 Å². The van der Waals surface area contributed by atoms with Crippen molar-refractivity contribution >= 4 is 42.4 Å². The first-order valence-corrected chi connectivity index (χ1v) is 21.9. The lowest BCUT2D eigenvalue weighted by Gasteiger charge is -2.52. The highest BCUT2D eigenvalue weighted by Gasteiger charge is 2.37. The van der Waals surface area contributed by atoms with Crippen LogP contribution in [0.15, 0.2) is 12.2 Å². The zero-order chi connectivity index (χ0) is 30.9. The van der Waals surface area contributed by atoms with Gasteiger partial charge in [0.2, 0.25) is 0 Å². The van der Waals surface area contributed by atoms with Gasteiger partial charge in [-0.15, -0.1) is 10.3 Å². The summed E-state index contributed by atoms with van der Waals surface area (Å²) < 4.78 is 21.7. The number of alkyl carbamates (subject to hydrolysis) is 1. The molecule has 0 saturated heterocycles. The molecule has 0 aromatic carbocycles. The number of unbranched alkanes of at least 4 members (excludes halogenated alkanes) is 1. The van der Waals surface area contributed by atoms with Gasteiger partial charge in [-0.05, 0) is 88.9 Å². The molecule has 10 heteroatoms. The monoisotopic (exact) mass is 617 g/mol. The average molecular weight is 618 g/mol. The van der Waals surface area contributed by atoms with Crippen LogP contribution in [0.2, 0.25) is 0 Å². The van der Waals surface area contributed by atoms with E-state index in [9.17, 15) is 9.59 Å². The highest BCUT2D eigenvalue weighted by molar-refractivity contribution is 8.34. The minimum Gasteiger partial charge on any atom is -0.460 e. The number of carbonyl (C=O) groups is 2. The number of nitrogens with one attached hydrogen (secondary N) is 1. The maximum Gasteiger partial charge on any atom is 0.407 e. The molecule has 0 aliphatic carbocycles. The van der Waals surface area contributed by atoms with E-state index in [-0.39, 0.29) is 24.7 Å². The molecule has 0 fully saturated rings. The fourth-order valence-electron chi connectivity index (χ4n) is 2.82. The second kappa shape index (κ2) is 19.5. The third-order valence-electron chi connectivity index (χ3n) is 6.35. The van der Waals surface area contributed by atoms with E-state index >= 15 is 0 Å². The van der Waals surface area contributed by atoms with Crippen molar-refractivity contribution in [3.63, 3.8) is 0 Å². The summed E-state index contributed by atoms with van der Waals surface area (Å²) >= 11 is 0. The molecule has 1 N–H and O–H groups in total. The lowest BCUT2D eigenvalue weighted by Crippen LogP contribution is -2.35. The van der Waals surface area contributed by atoms with Gasteiger partial charge in [-0.3, -0.25) is 0 Å². The lowest BCUT2D eigenvalue weighted by atomic mass is 10.4. The predicted octanol–water partition coefficient (Wildman–Crippen LogP) is 6.92. The largest absolute Gasteiger partial charge is 0.460 e. The topological polar surface area (TPSA) is 83.1 Å². The van der Waals surface area contributed by atoms with Crippen LogP contribution in [0.4, 0.5) is 4.79 Å². The number of amides is 1. The minimum absolute atomic E-state index is 0.0330. The van der Waals surface area contributed by atoms with Crippen LogP contribution < -0.4 is 5.32 Å². The Bertz CT molecular complexity index is 718. The number of hydrogen-bond acceptors (Lipinski definition) is 6. The number of ether oxygens (including phenoxy) is 3. The summed E-state index contributed by atoms with van der Waals surface area (Å²) in [5, 5.41) is 3.11. The molecular weight excluding hydrogens is 555 g/mol. The third-order valence-corrected chi connectivity index (χ3v) is 15.1. The first kappa shape index (κ1) is 40.6. The molecule has 0 saturated carbocycles. The van der Waals surface area contributed by atoms with Crippen LogP contribution in [-0.2, 0) is 23.2 Å². The zero-order valence-electron chi connectivity index (χ0n) is 27.5. The van der Waals surface area contributed by atoms with E-state index in [0.717, 1.165) is 6.42 Å². The maximum absolute atomic E-state index is 11.3. The van der Waals surface area contributed by atoms with Crippen LogP contribution in [0.5, 0.6) is 0 Å². The minimum atomic E-state index is -0.943. The first-order valence-electron chi connectivity index (χ1n) is 13.8. The number of hydrogen-bond donors (Lipinski definition) is 1. The quantitative estimate of drug-likeness (QED) is 0.102. The van der Waals surface area contributed by atoms with Crippen molar-refractivity contribution in [2.45, 2.75) is 71.0 Å². The molecule has 0 heterocycles. The fourth-order valence-corrected chi connectivity index (χ4v) is 7.79. The normalized spacial score (nSPS) is 13.7. The van der Waals surface area contributed by atoms with E-state index < -0.39 is 42.4 Å². The standard InChI is InChI=1S/C15H29NO5S.C14H34OS2/c1-13(2)14(17)20-9-7-16-15(18)21-11-10-19-8-6-12-22(3,4)5;1-10-11-12-16(6,7)14(4,5)15-17(8,9)13(2)3/h1,6-12H2,2-5H3,(H,16,18);13H,10-12H2,1-9H3. The predicted molar refractivity (Wildman–Crippen MR) is 180 cm³/mol. The number of esters is 1. The van der Waals surface area contributed by atoms with Crippen molar-refractivity contribution in [3.8, 4) is 0 Å². The second-order valence-corrected chi connectivity index (χ2v) is 25.0. The molecule has 0 atom stereocenters. The third kappa shape index (κ3) is 20.9. The molecule has 0 aromatic heterocycles. The van der Waals surface area contributed by atoms with Crippen molar-refractivity contribution in [2.24, 2.45) is 0 Å². The Labute approximate surface area is 246 Å². The van der Waals surface area contributed by atoms with Crippen molar-refractivity contribution in [1.82, 2.24) is 5.32 Å². The summed E-state index contributed by atoms with van der Waals surface area (Å²) in [6.45, 7) is 18.0. The molecule has 0 rings (SSSR count). The first-order chi connectivity index (χ1) is 17.7. The van der Waals surface area contributed by atoms with E-state index in [1.807, 2.05) is 0 Å². The van der Waals surface area contributed by atoms with Gasteiger partial charge in [-0.2, -0.15) is 0 Å². The molecule has 0 bridgehead atoms. The molecular formula is C29H63NO6S3. The molecule has 39 heavy (non-hydrogen) atoms. The Morgan fingerprint density at radius 2 is 1.46 bits per heavy atom. The summed E-state index contributed by atoms with van der Waals surface area (Å²) in [6.07, 6.45) is 19.4. The SMILES string of the molecule is C=C(C)C(=O)OCCNC(=O)OCCOCCCS(C)(C)C.CCCCS(C)(C)C(C)(C)OS(C)(C)C(C)C. The van der Waals surface area contributed by atoms with E-state index in [0.29, 0.717) is 24.0 Å². The Morgan fingerprint density at radius 1 is 0.872 bits per heavy atom. The molecule has 7 nitrogen and oxygen atoms in total. The van der Waals surface area contributed by atoms with Crippen molar-refractivity contribution in [2.75, 3.05) is 88.3 Å². The van der Waals surface area contributed by atoms with Crippen LogP contribution in [-0.4, -0.2) is 111 Å². The van der Waals surface area contributed by atoms with Crippen LogP contribution in [0.25, 0.3) is 0 Å². The van der Waals surface area contributed by atoms with E-state index in [1.165, 1.54) is 24.3 Å². The number of rotatable bonds is 18. The fraction of sp³-hybridized carbons (Fsp3) is 0.862. The summed E-state index contributed by atoms with van der Waals surface area (Å²) in [5.41, 5.74) is 0.327. The van der Waals surface area contributed by atoms with E-state index in [2.05, 4.69) is 90.3 Å². The van der Waals surface area contributed by atoms with Crippen molar-refractivity contribution in [3.05, 3.63) is 12.2 Å². The smallest absolute Gasteiger partial charge is 0.407 e. The van der Waals surface area contributed by atoms with Crippen LogP contribution >= 0.6 is 30.4 Å². The Kier molecular flexibility index (Phi) is 20.3. The number of carbonyl (C=O) groups excluding carboxylic acids is 2. The second-order valence-electron chi connectivity index (χ2n) is 12.2. The summed E-state index contributed by atoms with van der Waals surface area (Å²) in [7, 11) is -2.10. The average Bonchev–Trinajstić information content (AvgIpc) is 2.78. The van der Waals surface area contributed by atoms with Gasteiger partial charge in [-0.1, -0.05) is 33.8 Å². The summed E-state index contributed by atoms with van der Waals surface area (Å²) in [6, 6.07) is 0. The van der Waals surface area contributed by atoms with Gasteiger partial charge in [0.25, 0.3) is 0 Å². The van der Waals surface area contributed by atoms with Crippen molar-refractivity contribution < 1.29 is 28.0 Å². The van der Waals surface area contributed by atoms with Crippen LogP contribution in [0.1, 0.15) is 60.8 Å². The highest BCUT2D eigenvalue weighted by atomic mass is 32.3. The molecule has 0 spiro atoms. The van der Waals surface area contributed by atoms with Gasteiger partial charge < -0.3 is 23.7 Å². The maximum atomic E-state index is 11.3. The molecule has 0 radical (unpaired) electrons. The van der Waals surface area contributed by atoms with Crippen LogP contribution in [0.3, 0.4) is 0 Å². The molecule has 0 unspecified atom stereocenters. The summed E-state index contributed by atoms with van der Waals surface area (Å²) in [5.74, 6) is 2.03. The van der Waals surface area contributed by atoms with E-state index in [4.69, 9.17) is 18.4 Å². The molecule has 0 aromatic rings. The zero-order valence-corrected chi connectivity index (χ0v) is 30.0. The highest BCUT2D eigenvalue weighted by Crippen LogP contribution is 2.61. The molecule has 238 valence electrons. The van der Waals surface area contributed by atoms with Crippen molar-refractivity contribution in [1.29, 1.82) is 0 Å². The lowest BCUT2D eigenvalue weighted by molar-refractivity contribution is -0.138. The van der Waals surface area contributed by atoms with Gasteiger partial charge in [-0.25, -0.2) is 29.6 Å². The van der Waals surface area contributed by atoms with Gasteiger partial charge in [0.1, 0.15) is 18.1 Å². The van der Waals surface area contributed by atoms with Gasteiger partial charge in [0.15, 0.2) is 0 Å². The Morgan fingerprint density at radius 3 is 1.95 bits per heavy atom. The van der Waals surface area contributed by atoms with Gasteiger partial charge in [0.05, 0.1) is 13.2 Å². The molecule has 1 amide bonds. The Hall–Kier alpha value is -0.550. The van der Waals surface area contributed by atoms with Gasteiger partial charge in [0, 0.05) is 17.4 Å². The molecule has 0 aliphatic rings. The Balaban J connectivity index is 0.